The van der Waals surface area contributed by atoms with Crippen molar-refractivity contribution in [1.82, 2.24) is 20.2 Å². The van der Waals surface area contributed by atoms with Crippen LogP contribution in [0, 0.1) is 19.8 Å². The van der Waals surface area contributed by atoms with E-state index < -0.39 is 6.29 Å². The first-order valence-corrected chi connectivity index (χ1v) is 12.2. The summed E-state index contributed by atoms with van der Waals surface area (Å²) < 4.78 is 0. The largest absolute Gasteiger partial charge is 0.337 e. The average molecular weight is 461 g/mol. The molecular formula is C27H32N4O3. The van der Waals surface area contributed by atoms with Crippen molar-refractivity contribution in [1.29, 1.82) is 0 Å². The van der Waals surface area contributed by atoms with E-state index in [0.29, 0.717) is 18.5 Å². The van der Waals surface area contributed by atoms with E-state index in [2.05, 4.69) is 17.6 Å². The Morgan fingerprint density at radius 2 is 1.79 bits per heavy atom. The van der Waals surface area contributed by atoms with E-state index >= 15 is 0 Å². The van der Waals surface area contributed by atoms with Crippen molar-refractivity contribution in [2.45, 2.75) is 58.3 Å². The predicted octanol–water partition coefficient (Wildman–Crippen LogP) is 3.66. The second kappa shape index (κ2) is 9.22. The van der Waals surface area contributed by atoms with Gasteiger partial charge < -0.3 is 4.90 Å². The zero-order valence-electron chi connectivity index (χ0n) is 19.9. The van der Waals surface area contributed by atoms with Crippen LogP contribution in [0.5, 0.6) is 0 Å². The minimum Gasteiger partial charge on any atom is -0.307 e. The minimum absolute atomic E-state index is 0.0617. The monoisotopic (exact) mass is 460 g/mol. The molecule has 7 nitrogen and oxygen atoms in total. The summed E-state index contributed by atoms with van der Waals surface area (Å²) in [7, 11) is 0. The highest BCUT2D eigenvalue weighted by Gasteiger charge is 2.54. The van der Waals surface area contributed by atoms with Crippen molar-refractivity contribution in [2.75, 3.05) is 13.1 Å². The van der Waals surface area contributed by atoms with E-state index in [1.54, 1.807) is 4.90 Å². The number of aryl methyl sites for hydroxylation is 2. The quantitative estimate of drug-likeness (QED) is 0.668. The third-order valence-corrected chi connectivity index (χ3v) is 7.44. The fourth-order valence-electron chi connectivity index (χ4n) is 5.70. The Labute approximate surface area is 200 Å². The first-order chi connectivity index (χ1) is 16.4. The third-order valence-electron chi connectivity index (χ3n) is 7.44. The lowest BCUT2D eigenvalue weighted by molar-refractivity contribution is -0.156. The number of hydrazine groups is 1. The predicted molar refractivity (Wildman–Crippen MR) is 129 cm³/mol. The van der Waals surface area contributed by atoms with Crippen LogP contribution in [0.2, 0.25) is 0 Å². The summed E-state index contributed by atoms with van der Waals surface area (Å²) >= 11 is 0. The molecule has 3 fully saturated rings. The molecule has 2 saturated heterocycles. The Bertz CT molecular complexity index is 1100. The van der Waals surface area contributed by atoms with Crippen LogP contribution >= 0.6 is 0 Å². The fourth-order valence-corrected chi connectivity index (χ4v) is 5.70. The molecule has 1 saturated carbocycles. The molecule has 7 heteroatoms. The van der Waals surface area contributed by atoms with E-state index in [1.807, 2.05) is 55.1 Å². The molecule has 3 atom stereocenters. The SMILES string of the molecule is Cc1ccc(C(=O)CN2NC3N(CCc4ccccc4)C(=O)C4CCCCC4N3C2=O)c(C)c1. The molecule has 3 aliphatic rings. The Balaban J connectivity index is 1.38. The number of carbonyl (C=O) groups is 3. The molecule has 2 aromatic rings. The van der Waals surface area contributed by atoms with Crippen LogP contribution in [0.25, 0.3) is 0 Å². The van der Waals surface area contributed by atoms with Gasteiger partial charge in [-0.05, 0) is 44.2 Å². The van der Waals surface area contributed by atoms with E-state index in [-0.39, 0.29) is 36.2 Å². The normalized spacial score (nSPS) is 24.3. The van der Waals surface area contributed by atoms with Crippen LogP contribution in [-0.2, 0) is 11.2 Å². The minimum atomic E-state index is -0.546. The molecule has 0 radical (unpaired) electrons. The van der Waals surface area contributed by atoms with E-state index in [9.17, 15) is 14.4 Å². The van der Waals surface area contributed by atoms with Crippen molar-refractivity contribution < 1.29 is 14.4 Å². The van der Waals surface area contributed by atoms with E-state index in [4.69, 9.17) is 0 Å². The van der Waals surface area contributed by atoms with Gasteiger partial charge in [0, 0.05) is 18.2 Å². The number of amides is 3. The topological polar surface area (TPSA) is 73.0 Å². The highest BCUT2D eigenvalue weighted by Crippen LogP contribution is 2.38. The van der Waals surface area contributed by atoms with E-state index in [0.717, 1.165) is 42.4 Å². The van der Waals surface area contributed by atoms with Crippen molar-refractivity contribution in [2.24, 2.45) is 5.92 Å². The average Bonchev–Trinajstić information content (AvgIpc) is 3.15. The number of urea groups is 1. The van der Waals surface area contributed by atoms with Crippen LogP contribution in [0.4, 0.5) is 4.79 Å². The Morgan fingerprint density at radius 1 is 1.03 bits per heavy atom. The number of nitrogens with zero attached hydrogens (tertiary/aromatic N) is 3. The maximum absolute atomic E-state index is 13.5. The number of fused-ring (bicyclic) bond motifs is 3. The molecule has 3 amide bonds. The van der Waals surface area contributed by atoms with Crippen molar-refractivity contribution in [3.8, 4) is 0 Å². The zero-order chi connectivity index (χ0) is 23.8. The fraction of sp³-hybridized carbons (Fsp3) is 0.444. The smallest absolute Gasteiger partial charge is 0.307 e. The molecule has 0 spiro atoms. The van der Waals surface area contributed by atoms with Gasteiger partial charge in [0.25, 0.3) is 0 Å². The Morgan fingerprint density at radius 3 is 2.56 bits per heavy atom. The molecule has 2 aromatic carbocycles. The summed E-state index contributed by atoms with van der Waals surface area (Å²) in [6, 6.07) is 15.5. The molecule has 34 heavy (non-hydrogen) atoms. The molecule has 178 valence electrons. The molecule has 0 aromatic heterocycles. The summed E-state index contributed by atoms with van der Waals surface area (Å²) in [5.74, 6) is -0.160. The van der Waals surface area contributed by atoms with Gasteiger partial charge in [-0.3, -0.25) is 14.5 Å². The molecule has 2 aliphatic heterocycles. The number of ketones is 1. The maximum atomic E-state index is 13.5. The summed E-state index contributed by atoms with van der Waals surface area (Å²) in [5.41, 5.74) is 6.99. The van der Waals surface area contributed by atoms with Gasteiger partial charge in [-0.25, -0.2) is 9.80 Å². The molecule has 2 heterocycles. The Hall–Kier alpha value is -3.19. The highest BCUT2D eigenvalue weighted by molar-refractivity contribution is 6.00. The summed E-state index contributed by atoms with van der Waals surface area (Å²) in [6.07, 6.45) is 3.82. The van der Waals surface area contributed by atoms with Crippen LogP contribution in [0.15, 0.2) is 48.5 Å². The lowest BCUT2D eigenvalue weighted by Crippen LogP contribution is -2.66. The second-order valence-corrected chi connectivity index (χ2v) is 9.75. The number of hydrogen-bond acceptors (Lipinski definition) is 4. The zero-order valence-corrected chi connectivity index (χ0v) is 19.9. The number of rotatable bonds is 6. The summed E-state index contributed by atoms with van der Waals surface area (Å²) in [5, 5.41) is 1.41. The molecule has 5 rings (SSSR count). The maximum Gasteiger partial charge on any atom is 0.337 e. The number of carbonyl (C=O) groups excluding carboxylic acids is 3. The van der Waals surface area contributed by atoms with Gasteiger partial charge in [0.1, 0.15) is 6.54 Å². The first kappa shape index (κ1) is 22.6. The van der Waals surface area contributed by atoms with Crippen molar-refractivity contribution >= 4 is 17.7 Å². The van der Waals surface area contributed by atoms with Gasteiger partial charge in [-0.2, -0.15) is 5.43 Å². The molecule has 1 N–H and O–H groups in total. The second-order valence-electron chi connectivity index (χ2n) is 9.75. The highest BCUT2D eigenvalue weighted by atomic mass is 16.2. The summed E-state index contributed by atoms with van der Waals surface area (Å²) in [6.45, 7) is 4.37. The van der Waals surface area contributed by atoms with Gasteiger partial charge in [-0.15, -0.1) is 0 Å². The number of Topliss-reactive ketones (excluding diaryl/α,β-unsaturated/α-hetero) is 1. The van der Waals surface area contributed by atoms with Gasteiger partial charge in [0.15, 0.2) is 12.1 Å². The Kier molecular flexibility index (Phi) is 6.13. The molecule has 0 bridgehead atoms. The first-order valence-electron chi connectivity index (χ1n) is 12.2. The lowest BCUT2D eigenvalue weighted by Gasteiger charge is -2.48. The molecular weight excluding hydrogens is 428 g/mol. The number of benzene rings is 2. The summed E-state index contributed by atoms with van der Waals surface area (Å²) in [4.78, 5) is 43.8. The standard InChI is InChI=1S/C27H32N4O3/c1-18-12-13-21(19(2)16-18)24(32)17-30-27(34)31-23-11-7-6-10-22(23)25(33)29(26(31)28-30)15-14-20-8-4-3-5-9-20/h3-5,8-9,12-13,16,22-23,26,28H,6-7,10-11,14-15,17H2,1-2H3. The van der Waals surface area contributed by atoms with Gasteiger partial charge in [0.05, 0.1) is 5.92 Å². The van der Waals surface area contributed by atoms with Crippen LogP contribution in [0.3, 0.4) is 0 Å². The van der Waals surface area contributed by atoms with Gasteiger partial charge >= 0.3 is 6.03 Å². The molecule has 3 unspecified atom stereocenters. The van der Waals surface area contributed by atoms with Crippen LogP contribution in [0.1, 0.15) is 52.7 Å². The van der Waals surface area contributed by atoms with Gasteiger partial charge in [-0.1, -0.05) is 66.9 Å². The van der Waals surface area contributed by atoms with Crippen molar-refractivity contribution in [3.05, 3.63) is 70.8 Å². The van der Waals surface area contributed by atoms with Crippen LogP contribution in [-0.4, -0.2) is 58.0 Å². The molecule has 1 aliphatic carbocycles. The van der Waals surface area contributed by atoms with Crippen molar-refractivity contribution in [3.63, 3.8) is 0 Å². The number of nitrogens with one attached hydrogen (secondary N) is 1. The lowest BCUT2D eigenvalue weighted by atomic mass is 9.81. The van der Waals surface area contributed by atoms with E-state index in [1.165, 1.54) is 5.01 Å². The number of hydrogen-bond donors (Lipinski definition) is 1. The van der Waals surface area contributed by atoms with Crippen LogP contribution < -0.4 is 5.43 Å². The van der Waals surface area contributed by atoms with Gasteiger partial charge in [0.2, 0.25) is 5.91 Å². The third kappa shape index (κ3) is 4.09.